The van der Waals surface area contributed by atoms with Crippen LogP contribution in [-0.2, 0) is 4.79 Å². The summed E-state index contributed by atoms with van der Waals surface area (Å²) in [6.45, 7) is 6.35. The Balaban J connectivity index is 0.00000264. The van der Waals surface area contributed by atoms with Gasteiger partial charge in [-0.05, 0) is 37.8 Å². The average molecular weight is 377 g/mol. The highest BCUT2D eigenvalue weighted by Gasteiger charge is 2.35. The molecule has 7 heteroatoms. The van der Waals surface area contributed by atoms with Crippen LogP contribution in [-0.4, -0.2) is 36.6 Å². The smallest absolute Gasteiger partial charge is 0.227 e. The number of hydrogen-bond donors (Lipinski definition) is 2. The van der Waals surface area contributed by atoms with E-state index in [1.807, 2.05) is 38.2 Å². The SMILES string of the molecule is CCC(CC)(CN)C(=O)NC1CCN(c2ccccn2)CC1.Cl.Cl. The van der Waals surface area contributed by atoms with Crippen molar-refractivity contribution < 1.29 is 4.79 Å². The maximum absolute atomic E-state index is 12.6. The summed E-state index contributed by atoms with van der Waals surface area (Å²) in [5.41, 5.74) is 5.45. The van der Waals surface area contributed by atoms with E-state index in [0.29, 0.717) is 6.54 Å². The first-order chi connectivity index (χ1) is 10.6. The molecule has 0 unspecified atom stereocenters. The Labute approximate surface area is 157 Å². The first-order valence-corrected chi connectivity index (χ1v) is 8.32. The van der Waals surface area contributed by atoms with E-state index in [9.17, 15) is 4.79 Å². The Kier molecular flexibility index (Phi) is 10.3. The molecular weight excluding hydrogens is 347 g/mol. The largest absolute Gasteiger partial charge is 0.356 e. The number of carbonyl (C=O) groups is 1. The Bertz CT molecular complexity index is 466. The molecule has 1 fully saturated rings. The summed E-state index contributed by atoms with van der Waals surface area (Å²) in [6, 6.07) is 6.22. The molecule has 1 amide bonds. The zero-order valence-corrected chi connectivity index (χ0v) is 16.2. The van der Waals surface area contributed by atoms with Gasteiger partial charge in [-0.25, -0.2) is 4.98 Å². The maximum Gasteiger partial charge on any atom is 0.227 e. The van der Waals surface area contributed by atoms with E-state index in [2.05, 4.69) is 15.2 Å². The number of halogens is 2. The fraction of sp³-hybridized carbons (Fsp3) is 0.647. The second-order valence-electron chi connectivity index (χ2n) is 6.11. The highest BCUT2D eigenvalue weighted by atomic mass is 35.5. The van der Waals surface area contributed by atoms with Crippen molar-refractivity contribution in [3.8, 4) is 0 Å². The molecule has 0 spiro atoms. The predicted molar refractivity (Wildman–Crippen MR) is 104 cm³/mol. The summed E-state index contributed by atoms with van der Waals surface area (Å²) in [5.74, 6) is 1.14. The molecule has 2 heterocycles. The molecule has 1 aromatic heterocycles. The number of anilines is 1. The number of amides is 1. The lowest BCUT2D eigenvalue weighted by Crippen LogP contribution is -2.51. The van der Waals surface area contributed by atoms with Crippen LogP contribution >= 0.6 is 24.8 Å². The number of nitrogens with two attached hydrogens (primary N) is 1. The van der Waals surface area contributed by atoms with E-state index < -0.39 is 5.41 Å². The lowest BCUT2D eigenvalue weighted by molar-refractivity contribution is -0.131. The van der Waals surface area contributed by atoms with Gasteiger partial charge in [-0.2, -0.15) is 0 Å². The van der Waals surface area contributed by atoms with Crippen molar-refractivity contribution in [1.29, 1.82) is 0 Å². The Hall–Kier alpha value is -1.04. The summed E-state index contributed by atoms with van der Waals surface area (Å²) in [5, 5.41) is 3.22. The first kappa shape index (κ1) is 23.0. The van der Waals surface area contributed by atoms with Gasteiger partial charge in [0.15, 0.2) is 0 Å². The van der Waals surface area contributed by atoms with Crippen LogP contribution in [0.2, 0.25) is 0 Å². The normalized spacial score (nSPS) is 15.2. The molecule has 5 nitrogen and oxygen atoms in total. The number of nitrogens with one attached hydrogen (secondary N) is 1. The number of carbonyl (C=O) groups excluding carboxylic acids is 1. The lowest BCUT2D eigenvalue weighted by atomic mass is 9.81. The van der Waals surface area contributed by atoms with Crippen molar-refractivity contribution in [3.05, 3.63) is 24.4 Å². The van der Waals surface area contributed by atoms with E-state index in [0.717, 1.165) is 44.6 Å². The molecule has 1 aliphatic rings. The van der Waals surface area contributed by atoms with Crippen LogP contribution in [0.5, 0.6) is 0 Å². The molecule has 0 saturated carbocycles. The van der Waals surface area contributed by atoms with Gasteiger partial charge in [-0.3, -0.25) is 4.79 Å². The van der Waals surface area contributed by atoms with E-state index in [1.165, 1.54) is 0 Å². The number of pyridine rings is 1. The van der Waals surface area contributed by atoms with Crippen LogP contribution in [0.3, 0.4) is 0 Å². The van der Waals surface area contributed by atoms with Crippen molar-refractivity contribution in [3.63, 3.8) is 0 Å². The third-order valence-corrected chi connectivity index (χ3v) is 5.03. The molecule has 0 aliphatic carbocycles. The van der Waals surface area contributed by atoms with Gasteiger partial charge in [0.1, 0.15) is 5.82 Å². The third kappa shape index (κ3) is 5.23. The van der Waals surface area contributed by atoms with Gasteiger partial charge in [0.2, 0.25) is 5.91 Å². The van der Waals surface area contributed by atoms with Gasteiger partial charge in [-0.15, -0.1) is 24.8 Å². The molecule has 0 bridgehead atoms. The van der Waals surface area contributed by atoms with E-state index in [-0.39, 0.29) is 36.8 Å². The Morgan fingerprint density at radius 3 is 2.38 bits per heavy atom. The zero-order valence-electron chi connectivity index (χ0n) is 14.5. The minimum Gasteiger partial charge on any atom is -0.356 e. The predicted octanol–water partition coefficient (Wildman–Crippen LogP) is 2.78. The summed E-state index contributed by atoms with van der Waals surface area (Å²) in [4.78, 5) is 19.2. The lowest BCUT2D eigenvalue weighted by Gasteiger charge is -2.36. The number of aromatic nitrogens is 1. The van der Waals surface area contributed by atoms with Crippen LogP contribution < -0.4 is 16.0 Å². The molecule has 24 heavy (non-hydrogen) atoms. The summed E-state index contributed by atoms with van der Waals surface area (Å²) in [7, 11) is 0. The number of hydrogen-bond acceptors (Lipinski definition) is 4. The van der Waals surface area contributed by atoms with Crippen LogP contribution in [0.1, 0.15) is 39.5 Å². The molecule has 0 atom stereocenters. The minimum absolute atomic E-state index is 0. The molecule has 1 aliphatic heterocycles. The highest BCUT2D eigenvalue weighted by molar-refractivity contribution is 5.85. The maximum atomic E-state index is 12.6. The number of piperidine rings is 1. The van der Waals surface area contributed by atoms with Crippen LogP contribution in [0.15, 0.2) is 24.4 Å². The Morgan fingerprint density at radius 2 is 1.92 bits per heavy atom. The monoisotopic (exact) mass is 376 g/mol. The van der Waals surface area contributed by atoms with Gasteiger partial charge in [0, 0.05) is 31.9 Å². The fourth-order valence-corrected chi connectivity index (χ4v) is 3.08. The zero-order chi connectivity index (χ0) is 16.0. The summed E-state index contributed by atoms with van der Waals surface area (Å²) < 4.78 is 0. The standard InChI is InChI=1S/C17H28N4O.2ClH/c1-3-17(4-2,13-18)16(22)20-14-8-11-21(12-9-14)15-7-5-6-10-19-15;;/h5-7,10,14H,3-4,8-9,11-13,18H2,1-2H3,(H,20,22);2*1H. The van der Waals surface area contributed by atoms with Crippen molar-refractivity contribution in [2.75, 3.05) is 24.5 Å². The second kappa shape index (κ2) is 10.7. The van der Waals surface area contributed by atoms with E-state index in [4.69, 9.17) is 5.73 Å². The molecule has 0 radical (unpaired) electrons. The highest BCUT2D eigenvalue weighted by Crippen LogP contribution is 2.26. The van der Waals surface area contributed by atoms with Crippen molar-refractivity contribution in [2.45, 2.75) is 45.6 Å². The van der Waals surface area contributed by atoms with Gasteiger partial charge in [-0.1, -0.05) is 19.9 Å². The number of rotatable bonds is 6. The first-order valence-electron chi connectivity index (χ1n) is 8.32. The van der Waals surface area contributed by atoms with Crippen molar-refractivity contribution in [2.24, 2.45) is 11.1 Å². The molecular formula is C17H30Cl2N4O. The fourth-order valence-electron chi connectivity index (χ4n) is 3.08. The second-order valence-corrected chi connectivity index (χ2v) is 6.11. The summed E-state index contributed by atoms with van der Waals surface area (Å²) >= 11 is 0. The molecule has 138 valence electrons. The Morgan fingerprint density at radius 1 is 1.29 bits per heavy atom. The quantitative estimate of drug-likeness (QED) is 0.800. The molecule has 1 saturated heterocycles. The van der Waals surface area contributed by atoms with E-state index >= 15 is 0 Å². The van der Waals surface area contributed by atoms with Crippen LogP contribution in [0.25, 0.3) is 0 Å². The summed E-state index contributed by atoms with van der Waals surface area (Å²) in [6.07, 6.45) is 5.31. The molecule has 0 aromatic carbocycles. The van der Waals surface area contributed by atoms with Crippen molar-refractivity contribution in [1.82, 2.24) is 10.3 Å². The van der Waals surface area contributed by atoms with Gasteiger partial charge >= 0.3 is 0 Å². The molecule has 2 rings (SSSR count). The molecule has 1 aromatic rings. The van der Waals surface area contributed by atoms with Crippen molar-refractivity contribution >= 4 is 36.5 Å². The van der Waals surface area contributed by atoms with Gasteiger partial charge in [0.05, 0.1) is 5.41 Å². The van der Waals surface area contributed by atoms with Gasteiger partial charge in [0.25, 0.3) is 0 Å². The van der Waals surface area contributed by atoms with Crippen LogP contribution in [0, 0.1) is 5.41 Å². The topological polar surface area (TPSA) is 71.2 Å². The van der Waals surface area contributed by atoms with Gasteiger partial charge < -0.3 is 16.0 Å². The third-order valence-electron chi connectivity index (χ3n) is 5.03. The minimum atomic E-state index is -0.405. The molecule has 3 N–H and O–H groups in total. The van der Waals surface area contributed by atoms with Crippen LogP contribution in [0.4, 0.5) is 5.82 Å². The van der Waals surface area contributed by atoms with E-state index in [1.54, 1.807) is 0 Å². The number of nitrogens with zero attached hydrogens (tertiary/aromatic N) is 2. The average Bonchev–Trinajstić information content (AvgIpc) is 2.58.